The molecule has 1 N–H and O–H groups in total. The van der Waals surface area contributed by atoms with Gasteiger partial charge in [0.15, 0.2) is 11.5 Å². The molecule has 12 heteroatoms. The molecule has 10 nitrogen and oxygen atoms in total. The number of rotatable bonds is 9. The zero-order valence-corrected chi connectivity index (χ0v) is 21.9. The van der Waals surface area contributed by atoms with Crippen molar-refractivity contribution in [3.8, 4) is 11.5 Å². The molecular weight excluding hydrogens is 520 g/mol. The number of carbonyl (C=O) groups is 4. The number of ether oxygens (including phenoxy) is 1. The Kier molecular flexibility index (Phi) is 6.35. The molecule has 1 aliphatic heterocycles. The van der Waals surface area contributed by atoms with E-state index in [0.717, 1.165) is 27.4 Å². The normalized spacial score (nSPS) is 18.1. The van der Waals surface area contributed by atoms with Gasteiger partial charge in [-0.3, -0.25) is 24.1 Å². The number of imide groups is 2. The molecule has 0 spiro atoms. The molecule has 2 fully saturated rings. The maximum Gasteiger partial charge on any atom is 0.265 e. The zero-order chi connectivity index (χ0) is 26.6. The minimum Gasteiger partial charge on any atom is -0.504 e. The van der Waals surface area contributed by atoms with Gasteiger partial charge in [0, 0.05) is 23.5 Å². The summed E-state index contributed by atoms with van der Waals surface area (Å²) < 4.78 is 30.1. The Bertz CT molecular complexity index is 1400. The summed E-state index contributed by atoms with van der Waals surface area (Å²) in [5.41, 5.74) is 0.258. The summed E-state index contributed by atoms with van der Waals surface area (Å²) in [6, 6.07) is 2.93. The second-order valence-corrected chi connectivity index (χ2v) is 12.7. The number of thiophene rings is 1. The first-order chi connectivity index (χ1) is 17.5. The molecule has 1 aromatic heterocycles. The number of hydrogen-bond donors (Lipinski definition) is 1. The van der Waals surface area contributed by atoms with Crippen LogP contribution in [-0.2, 0) is 19.4 Å². The quantitative estimate of drug-likeness (QED) is 0.474. The maximum atomic E-state index is 13.8. The number of aromatic hydroxyl groups is 1. The van der Waals surface area contributed by atoms with Gasteiger partial charge in [-0.15, -0.1) is 11.3 Å². The van der Waals surface area contributed by atoms with Gasteiger partial charge in [-0.05, 0) is 50.3 Å². The molecule has 37 heavy (non-hydrogen) atoms. The highest BCUT2D eigenvalue weighted by molar-refractivity contribution is 7.90. The Hall–Kier alpha value is -3.25. The first-order valence-corrected chi connectivity index (χ1v) is 15.0. The van der Waals surface area contributed by atoms with Crippen LogP contribution in [-0.4, -0.2) is 60.7 Å². The molecule has 0 saturated heterocycles. The molecule has 0 radical (unpaired) electrons. The Balaban J connectivity index is 1.56. The van der Waals surface area contributed by atoms with Crippen LogP contribution in [0.3, 0.4) is 0 Å². The number of nitrogens with zero attached hydrogens (tertiary/aromatic N) is 2. The number of fused-ring (bicyclic) bond motifs is 1. The molecule has 0 unspecified atom stereocenters. The molecular formula is C25H26N2O8S2. The van der Waals surface area contributed by atoms with Crippen LogP contribution in [0.5, 0.6) is 11.5 Å². The summed E-state index contributed by atoms with van der Waals surface area (Å²) in [5.74, 6) is -3.42. The number of hydrogen-bond acceptors (Lipinski definition) is 9. The van der Waals surface area contributed by atoms with Gasteiger partial charge in [0.2, 0.25) is 11.8 Å². The number of sulfone groups is 1. The second kappa shape index (κ2) is 9.25. The van der Waals surface area contributed by atoms with Crippen LogP contribution in [0.25, 0.3) is 0 Å². The van der Waals surface area contributed by atoms with E-state index < -0.39 is 33.4 Å². The van der Waals surface area contributed by atoms with Crippen molar-refractivity contribution in [1.29, 1.82) is 0 Å². The largest absolute Gasteiger partial charge is 0.504 e. The molecule has 3 aliphatic rings. The number of anilines is 1. The Morgan fingerprint density at radius 2 is 1.76 bits per heavy atom. The van der Waals surface area contributed by atoms with E-state index in [0.29, 0.717) is 25.7 Å². The van der Waals surface area contributed by atoms with Crippen molar-refractivity contribution in [3.63, 3.8) is 0 Å². The van der Waals surface area contributed by atoms with Crippen molar-refractivity contribution >= 4 is 49.8 Å². The summed E-state index contributed by atoms with van der Waals surface area (Å²) in [6.45, 7) is 1.94. The van der Waals surface area contributed by atoms with Crippen LogP contribution in [0.15, 0.2) is 23.6 Å². The number of phenolic OH excluding ortho intramolecular Hbond substituents is 1. The third-order valence-corrected chi connectivity index (χ3v) is 8.48. The van der Waals surface area contributed by atoms with Gasteiger partial charge in [-0.1, -0.05) is 6.07 Å². The second-order valence-electron chi connectivity index (χ2n) is 9.64. The molecule has 1 atom stereocenters. The summed E-state index contributed by atoms with van der Waals surface area (Å²) in [5, 5.41) is 11.7. The van der Waals surface area contributed by atoms with Crippen molar-refractivity contribution < 1.29 is 37.4 Å². The molecule has 1 aromatic carbocycles. The SMILES string of the molecule is CCOc1cc([C@@H](CS(C)(=O)=O)N2C(=O)c3csc(N(C(=O)C4CC4)C(=O)C4CC4)c3C2=O)ccc1O. The Labute approximate surface area is 217 Å². The summed E-state index contributed by atoms with van der Waals surface area (Å²) in [6.07, 6.45) is 3.66. The van der Waals surface area contributed by atoms with Crippen molar-refractivity contribution in [2.24, 2.45) is 11.8 Å². The van der Waals surface area contributed by atoms with E-state index in [1.807, 2.05) is 0 Å². The van der Waals surface area contributed by atoms with Crippen molar-refractivity contribution in [2.45, 2.75) is 38.6 Å². The van der Waals surface area contributed by atoms with Crippen LogP contribution in [0, 0.1) is 11.8 Å². The molecule has 4 amide bonds. The lowest BCUT2D eigenvalue weighted by molar-refractivity contribution is -0.127. The van der Waals surface area contributed by atoms with Gasteiger partial charge in [0.1, 0.15) is 14.8 Å². The first-order valence-electron chi connectivity index (χ1n) is 12.0. The van der Waals surface area contributed by atoms with Crippen molar-refractivity contribution in [3.05, 3.63) is 40.3 Å². The van der Waals surface area contributed by atoms with Crippen LogP contribution in [0.1, 0.15) is 64.9 Å². The smallest absolute Gasteiger partial charge is 0.265 e. The van der Waals surface area contributed by atoms with Gasteiger partial charge in [-0.25, -0.2) is 13.3 Å². The average Bonchev–Trinajstić information content (AvgIpc) is 3.75. The zero-order valence-electron chi connectivity index (χ0n) is 20.3. The third kappa shape index (κ3) is 4.75. The lowest BCUT2D eigenvalue weighted by Gasteiger charge is -2.27. The highest BCUT2D eigenvalue weighted by atomic mass is 32.2. The standard InChI is InChI=1S/C25H26N2O8S2/c1-3-35-19-10-15(8-9-18(19)28)17(12-37(2,33)34)26-23(31)16-11-36-25(20(16)24(26)32)27(21(29)13-4-5-13)22(30)14-6-7-14/h8-11,13-14,17,28H,3-7,12H2,1-2H3/t17-/m1/s1. The van der Waals surface area contributed by atoms with E-state index in [1.165, 1.54) is 23.6 Å². The van der Waals surface area contributed by atoms with E-state index in [4.69, 9.17) is 4.74 Å². The highest BCUT2D eigenvalue weighted by Gasteiger charge is 2.49. The fourth-order valence-electron chi connectivity index (χ4n) is 4.45. The lowest BCUT2D eigenvalue weighted by Crippen LogP contribution is -2.40. The highest BCUT2D eigenvalue weighted by Crippen LogP contribution is 2.45. The van der Waals surface area contributed by atoms with Crippen molar-refractivity contribution in [2.75, 3.05) is 23.5 Å². The third-order valence-electron chi connectivity index (χ3n) is 6.59. The van der Waals surface area contributed by atoms with Crippen LogP contribution < -0.4 is 9.64 Å². The monoisotopic (exact) mass is 546 g/mol. The summed E-state index contributed by atoms with van der Waals surface area (Å²) >= 11 is 0.993. The van der Waals surface area contributed by atoms with E-state index in [9.17, 15) is 32.7 Å². The molecule has 5 rings (SSSR count). The predicted molar refractivity (Wildman–Crippen MR) is 134 cm³/mol. The molecule has 0 bridgehead atoms. The van der Waals surface area contributed by atoms with Gasteiger partial charge in [0.25, 0.3) is 11.8 Å². The predicted octanol–water partition coefficient (Wildman–Crippen LogP) is 2.91. The van der Waals surface area contributed by atoms with Crippen molar-refractivity contribution in [1.82, 2.24) is 4.90 Å². The van der Waals surface area contributed by atoms with Crippen LogP contribution in [0.4, 0.5) is 5.00 Å². The first kappa shape index (κ1) is 25.4. The van der Waals surface area contributed by atoms with E-state index in [-0.39, 0.29) is 63.4 Å². The molecule has 196 valence electrons. The maximum absolute atomic E-state index is 13.8. The van der Waals surface area contributed by atoms with Gasteiger partial charge < -0.3 is 9.84 Å². The van der Waals surface area contributed by atoms with Crippen LogP contribution >= 0.6 is 11.3 Å². The van der Waals surface area contributed by atoms with Crippen LogP contribution in [0.2, 0.25) is 0 Å². The number of phenols is 1. The molecule has 2 heterocycles. The number of carbonyl (C=O) groups excluding carboxylic acids is 4. The lowest BCUT2D eigenvalue weighted by atomic mass is 10.1. The van der Waals surface area contributed by atoms with E-state index in [1.54, 1.807) is 6.92 Å². The number of benzene rings is 1. The number of amides is 4. The summed E-state index contributed by atoms with van der Waals surface area (Å²) in [7, 11) is -3.69. The minimum absolute atomic E-state index is 0.0319. The van der Waals surface area contributed by atoms with Gasteiger partial charge >= 0.3 is 0 Å². The fourth-order valence-corrected chi connectivity index (χ4v) is 6.42. The van der Waals surface area contributed by atoms with Gasteiger partial charge in [-0.2, -0.15) is 0 Å². The van der Waals surface area contributed by atoms with E-state index in [2.05, 4.69) is 0 Å². The average molecular weight is 547 g/mol. The summed E-state index contributed by atoms with van der Waals surface area (Å²) in [4.78, 5) is 55.4. The minimum atomic E-state index is -3.69. The molecule has 2 aliphatic carbocycles. The van der Waals surface area contributed by atoms with Gasteiger partial charge in [0.05, 0.1) is 29.5 Å². The molecule has 2 saturated carbocycles. The Morgan fingerprint density at radius 1 is 1.14 bits per heavy atom. The topological polar surface area (TPSA) is 138 Å². The molecule has 2 aromatic rings. The van der Waals surface area contributed by atoms with E-state index >= 15 is 0 Å². The fraction of sp³-hybridized carbons (Fsp3) is 0.440. The Morgan fingerprint density at radius 3 is 2.30 bits per heavy atom.